The lowest BCUT2D eigenvalue weighted by atomic mass is 9.84. The predicted molar refractivity (Wildman–Crippen MR) is 107 cm³/mol. The third kappa shape index (κ3) is 4.90. The first-order valence-corrected chi connectivity index (χ1v) is 12.3. The standard InChI is InChI=1S/C20H29N3O5S/c1-29(25,26)22-16-4-3-11-23-17(16)12-27-15-8-6-14(7-9-15)20-18(5-2-10-21-20)28-13-19(23)24/h2,5,10,14-17,22H,3-4,6-9,11-13H2,1H3/t14?,15?,16-,17-/m0/s1. The number of carbonyl (C=O) groups is 1. The first-order valence-electron chi connectivity index (χ1n) is 10.4. The summed E-state index contributed by atoms with van der Waals surface area (Å²) in [6.45, 7) is 0.821. The Bertz CT molecular complexity index is 838. The maximum atomic E-state index is 13.0. The molecule has 3 aliphatic heterocycles. The Hall–Kier alpha value is -1.71. The molecule has 5 rings (SSSR count). The molecule has 2 atom stereocenters. The normalized spacial score (nSPS) is 30.9. The lowest BCUT2D eigenvalue weighted by molar-refractivity contribution is -0.140. The number of rotatable bonds is 2. The molecule has 0 unspecified atom stereocenters. The Morgan fingerprint density at radius 2 is 2.00 bits per heavy atom. The van der Waals surface area contributed by atoms with Crippen LogP contribution in [0.15, 0.2) is 18.3 Å². The fraction of sp³-hybridized carbons (Fsp3) is 0.700. The first-order chi connectivity index (χ1) is 13.9. The number of ether oxygens (including phenoxy) is 2. The second-order valence-corrected chi connectivity index (χ2v) is 10.1. The van der Waals surface area contributed by atoms with Gasteiger partial charge in [0.05, 0.1) is 30.7 Å². The van der Waals surface area contributed by atoms with Gasteiger partial charge in [-0.3, -0.25) is 9.78 Å². The highest BCUT2D eigenvalue weighted by atomic mass is 32.2. The van der Waals surface area contributed by atoms with Gasteiger partial charge in [0, 0.05) is 24.7 Å². The molecule has 1 amide bonds. The summed E-state index contributed by atoms with van der Waals surface area (Å²) >= 11 is 0. The molecule has 160 valence electrons. The molecule has 4 heterocycles. The Balaban J connectivity index is 1.61. The van der Waals surface area contributed by atoms with E-state index in [1.807, 2.05) is 12.1 Å². The van der Waals surface area contributed by atoms with Gasteiger partial charge in [-0.2, -0.15) is 0 Å². The van der Waals surface area contributed by atoms with E-state index in [2.05, 4.69) is 9.71 Å². The number of sulfonamides is 1. The highest BCUT2D eigenvalue weighted by molar-refractivity contribution is 7.88. The van der Waals surface area contributed by atoms with Crippen LogP contribution in [0.25, 0.3) is 0 Å². The average Bonchev–Trinajstić information content (AvgIpc) is 2.71. The zero-order chi connectivity index (χ0) is 20.4. The molecular weight excluding hydrogens is 394 g/mol. The minimum atomic E-state index is -3.38. The highest BCUT2D eigenvalue weighted by Crippen LogP contribution is 2.37. The van der Waals surface area contributed by atoms with E-state index in [0.29, 0.717) is 31.2 Å². The SMILES string of the molecule is CS(=O)(=O)N[C@H]1CCCN2C(=O)COc3cccnc3C3CCC(CC3)OC[C@@H]12. The third-order valence-electron chi connectivity index (χ3n) is 6.18. The molecule has 2 fully saturated rings. The van der Waals surface area contributed by atoms with Crippen LogP contribution in [0, 0.1) is 0 Å². The zero-order valence-corrected chi connectivity index (χ0v) is 17.6. The molecule has 1 saturated heterocycles. The van der Waals surface area contributed by atoms with Crippen molar-refractivity contribution in [2.75, 3.05) is 26.0 Å². The van der Waals surface area contributed by atoms with E-state index >= 15 is 0 Å². The molecule has 0 radical (unpaired) electrons. The van der Waals surface area contributed by atoms with Gasteiger partial charge in [-0.1, -0.05) is 0 Å². The Labute approximate surface area is 172 Å². The van der Waals surface area contributed by atoms with Gasteiger partial charge in [0.1, 0.15) is 5.75 Å². The molecule has 1 N–H and O–H groups in total. The maximum Gasteiger partial charge on any atom is 0.260 e. The lowest BCUT2D eigenvalue weighted by Gasteiger charge is -2.41. The molecule has 1 aromatic heterocycles. The molecule has 1 saturated carbocycles. The van der Waals surface area contributed by atoms with Crippen molar-refractivity contribution in [3.63, 3.8) is 0 Å². The van der Waals surface area contributed by atoms with Crippen molar-refractivity contribution >= 4 is 15.9 Å². The van der Waals surface area contributed by atoms with Crippen LogP contribution in [-0.4, -0.2) is 68.4 Å². The average molecular weight is 424 g/mol. The number of carbonyl (C=O) groups excluding carboxylic acids is 1. The maximum absolute atomic E-state index is 13.0. The van der Waals surface area contributed by atoms with E-state index < -0.39 is 10.0 Å². The predicted octanol–water partition coefficient (Wildman–Crippen LogP) is 1.43. The second-order valence-electron chi connectivity index (χ2n) is 8.28. The summed E-state index contributed by atoms with van der Waals surface area (Å²) in [4.78, 5) is 19.3. The topological polar surface area (TPSA) is 97.8 Å². The van der Waals surface area contributed by atoms with E-state index in [1.165, 1.54) is 0 Å². The molecule has 29 heavy (non-hydrogen) atoms. The van der Waals surface area contributed by atoms with E-state index in [9.17, 15) is 13.2 Å². The summed E-state index contributed by atoms with van der Waals surface area (Å²) in [5.41, 5.74) is 0.921. The number of hydrogen-bond acceptors (Lipinski definition) is 6. The summed E-state index contributed by atoms with van der Waals surface area (Å²) in [6, 6.07) is 3.02. The van der Waals surface area contributed by atoms with Crippen molar-refractivity contribution in [1.29, 1.82) is 0 Å². The number of nitrogens with one attached hydrogen (secondary N) is 1. The first kappa shape index (κ1) is 20.6. The van der Waals surface area contributed by atoms with Crippen LogP contribution in [0.5, 0.6) is 5.75 Å². The molecule has 2 bridgehead atoms. The molecular formula is C20H29N3O5S. The minimum Gasteiger partial charge on any atom is -0.482 e. The van der Waals surface area contributed by atoms with Crippen LogP contribution in [0.1, 0.15) is 50.1 Å². The summed E-state index contributed by atoms with van der Waals surface area (Å²) in [5, 5.41) is 0. The molecule has 1 aliphatic carbocycles. The van der Waals surface area contributed by atoms with Gasteiger partial charge in [0.15, 0.2) is 6.61 Å². The van der Waals surface area contributed by atoms with Crippen molar-refractivity contribution in [3.8, 4) is 5.75 Å². The van der Waals surface area contributed by atoms with Crippen LogP contribution in [0.2, 0.25) is 0 Å². The van der Waals surface area contributed by atoms with Gasteiger partial charge in [-0.25, -0.2) is 13.1 Å². The molecule has 0 spiro atoms. The van der Waals surface area contributed by atoms with Gasteiger partial charge in [0.25, 0.3) is 5.91 Å². The van der Waals surface area contributed by atoms with E-state index in [-0.39, 0.29) is 30.7 Å². The molecule has 9 heteroatoms. The van der Waals surface area contributed by atoms with Gasteiger partial charge in [0.2, 0.25) is 10.0 Å². The summed E-state index contributed by atoms with van der Waals surface area (Å²) < 4.78 is 38.5. The lowest BCUT2D eigenvalue weighted by Crippen LogP contribution is -2.59. The molecule has 1 aromatic rings. The monoisotopic (exact) mass is 423 g/mol. The van der Waals surface area contributed by atoms with E-state index in [0.717, 1.165) is 44.1 Å². The van der Waals surface area contributed by atoms with E-state index in [1.54, 1.807) is 11.1 Å². The van der Waals surface area contributed by atoms with Crippen molar-refractivity contribution in [2.24, 2.45) is 0 Å². The second kappa shape index (κ2) is 8.57. The van der Waals surface area contributed by atoms with Crippen molar-refractivity contribution in [2.45, 2.75) is 62.6 Å². The number of pyridine rings is 1. The zero-order valence-electron chi connectivity index (χ0n) is 16.7. The molecule has 4 aliphatic rings. The van der Waals surface area contributed by atoms with Gasteiger partial charge in [-0.05, 0) is 50.7 Å². The van der Waals surface area contributed by atoms with Gasteiger partial charge < -0.3 is 14.4 Å². The number of fused-ring (bicyclic) bond motifs is 5. The minimum absolute atomic E-state index is 0.0864. The smallest absolute Gasteiger partial charge is 0.260 e. The number of nitrogens with zero attached hydrogens (tertiary/aromatic N) is 2. The Morgan fingerprint density at radius 3 is 2.76 bits per heavy atom. The number of hydrogen-bond donors (Lipinski definition) is 1. The fourth-order valence-electron chi connectivity index (χ4n) is 4.78. The quantitative estimate of drug-likeness (QED) is 0.773. The van der Waals surface area contributed by atoms with Crippen LogP contribution < -0.4 is 9.46 Å². The molecule has 8 nitrogen and oxygen atoms in total. The summed E-state index contributed by atoms with van der Waals surface area (Å²) in [6.07, 6.45) is 8.24. The van der Waals surface area contributed by atoms with Crippen molar-refractivity contribution in [3.05, 3.63) is 24.0 Å². The largest absolute Gasteiger partial charge is 0.482 e. The summed E-state index contributed by atoms with van der Waals surface area (Å²) in [7, 11) is -3.38. The summed E-state index contributed by atoms with van der Waals surface area (Å²) in [5.74, 6) is 0.827. The highest BCUT2D eigenvalue weighted by Gasteiger charge is 2.37. The molecule has 0 aromatic carbocycles. The Kier molecular flexibility index (Phi) is 6.08. The third-order valence-corrected chi connectivity index (χ3v) is 6.91. The van der Waals surface area contributed by atoms with Gasteiger partial charge in [-0.15, -0.1) is 0 Å². The van der Waals surface area contributed by atoms with E-state index in [4.69, 9.17) is 9.47 Å². The number of amides is 1. The van der Waals surface area contributed by atoms with Crippen LogP contribution in [-0.2, 0) is 19.6 Å². The van der Waals surface area contributed by atoms with Crippen molar-refractivity contribution in [1.82, 2.24) is 14.6 Å². The van der Waals surface area contributed by atoms with Crippen LogP contribution in [0.4, 0.5) is 0 Å². The number of aromatic nitrogens is 1. The number of piperidine rings is 1. The van der Waals surface area contributed by atoms with Crippen LogP contribution in [0.3, 0.4) is 0 Å². The van der Waals surface area contributed by atoms with Gasteiger partial charge >= 0.3 is 0 Å². The van der Waals surface area contributed by atoms with Crippen molar-refractivity contribution < 1.29 is 22.7 Å². The Morgan fingerprint density at radius 1 is 1.21 bits per heavy atom. The van der Waals surface area contributed by atoms with Crippen LogP contribution >= 0.6 is 0 Å². The fourth-order valence-corrected chi connectivity index (χ4v) is 5.60.